The number of unbranched alkanes of at least 4 members (excludes halogenated alkanes) is 1. The van der Waals surface area contributed by atoms with Gasteiger partial charge in [-0.15, -0.1) is 0 Å². The normalized spacial score (nSPS) is 11.4. The van der Waals surface area contributed by atoms with Gasteiger partial charge in [-0.05, 0) is 36.0 Å². The van der Waals surface area contributed by atoms with Crippen molar-refractivity contribution in [2.75, 3.05) is 0 Å². The van der Waals surface area contributed by atoms with Crippen molar-refractivity contribution in [1.82, 2.24) is 0 Å². The van der Waals surface area contributed by atoms with Crippen LogP contribution in [0.3, 0.4) is 0 Å². The Labute approximate surface area is 115 Å². The fourth-order valence-electron chi connectivity index (χ4n) is 1.45. The predicted octanol–water partition coefficient (Wildman–Crippen LogP) is 4.33. The van der Waals surface area contributed by atoms with Crippen molar-refractivity contribution in [3.05, 3.63) is 42.0 Å². The van der Waals surface area contributed by atoms with Gasteiger partial charge in [-0.3, -0.25) is 4.89 Å². The van der Waals surface area contributed by atoms with E-state index in [0.29, 0.717) is 5.56 Å². The molecule has 105 valence electrons. The third kappa shape index (κ3) is 6.39. The van der Waals surface area contributed by atoms with Gasteiger partial charge < -0.3 is 0 Å². The third-order valence-electron chi connectivity index (χ3n) is 2.53. The van der Waals surface area contributed by atoms with E-state index in [0.717, 1.165) is 12.8 Å². The van der Waals surface area contributed by atoms with Crippen LogP contribution in [0.2, 0.25) is 0 Å². The summed E-state index contributed by atoms with van der Waals surface area (Å²) in [5, 5.41) is 0. The lowest BCUT2D eigenvalue weighted by Crippen LogP contribution is -2.12. The average Bonchev–Trinajstić information content (AvgIpc) is 2.35. The predicted molar refractivity (Wildman–Crippen MR) is 75.3 cm³/mol. The summed E-state index contributed by atoms with van der Waals surface area (Å²) in [6.45, 7) is 9.55. The van der Waals surface area contributed by atoms with Gasteiger partial charge in [0.05, 0.1) is 5.56 Å². The maximum absolute atomic E-state index is 11.7. The summed E-state index contributed by atoms with van der Waals surface area (Å²) in [4.78, 5) is 21.3. The van der Waals surface area contributed by atoms with Crippen molar-refractivity contribution in [3.8, 4) is 0 Å². The highest BCUT2D eigenvalue weighted by Gasteiger charge is 2.14. The number of rotatable bonds is 6. The van der Waals surface area contributed by atoms with Gasteiger partial charge in [-0.1, -0.05) is 46.2 Å². The topological polar surface area (TPSA) is 35.5 Å². The Bertz CT molecular complexity index is 387. The van der Waals surface area contributed by atoms with E-state index < -0.39 is 5.97 Å². The second kappa shape index (κ2) is 7.29. The van der Waals surface area contributed by atoms with Crippen LogP contribution in [0.1, 0.15) is 56.5 Å². The first-order chi connectivity index (χ1) is 8.92. The Morgan fingerprint density at radius 3 is 2.37 bits per heavy atom. The van der Waals surface area contributed by atoms with Crippen molar-refractivity contribution >= 4 is 5.97 Å². The lowest BCUT2D eigenvalue weighted by Gasteiger charge is -2.15. The molecule has 3 nitrogen and oxygen atoms in total. The van der Waals surface area contributed by atoms with Crippen LogP contribution in [0.25, 0.3) is 0 Å². The largest absolute Gasteiger partial charge is 0.373 e. The van der Waals surface area contributed by atoms with Crippen LogP contribution < -0.4 is 0 Å². The molecule has 0 aliphatic heterocycles. The first-order valence-corrected chi connectivity index (χ1v) is 6.73. The molecule has 1 radical (unpaired) electrons. The van der Waals surface area contributed by atoms with E-state index >= 15 is 0 Å². The average molecular weight is 263 g/mol. The molecule has 1 rings (SSSR count). The van der Waals surface area contributed by atoms with Crippen LogP contribution >= 0.6 is 0 Å². The highest BCUT2D eigenvalue weighted by molar-refractivity contribution is 5.88. The molecule has 0 aromatic heterocycles. The molecule has 0 bridgehead atoms. The molecule has 0 heterocycles. The molecule has 0 spiro atoms. The van der Waals surface area contributed by atoms with Crippen LogP contribution in [0, 0.1) is 12.0 Å². The minimum Gasteiger partial charge on any atom is -0.292 e. The van der Waals surface area contributed by atoms with E-state index in [1.807, 2.05) is 32.9 Å². The summed E-state index contributed by atoms with van der Waals surface area (Å²) < 4.78 is 0. The number of hydrogen-bond acceptors (Lipinski definition) is 3. The third-order valence-corrected chi connectivity index (χ3v) is 2.53. The molecule has 0 fully saturated rings. The van der Waals surface area contributed by atoms with Crippen molar-refractivity contribution < 1.29 is 14.6 Å². The highest BCUT2D eigenvalue weighted by atomic mass is 17.2. The Kier molecular flexibility index (Phi) is 6.03. The summed E-state index contributed by atoms with van der Waals surface area (Å²) in [6.07, 6.45) is 3.37. The summed E-state index contributed by atoms with van der Waals surface area (Å²) in [5.41, 5.74) is 1.59. The standard InChI is InChI=1S/C16H23O3/c1-5-6-7-13-8-10-14(11-9-13)15(17)19-18-12-16(2,3)4/h8-12H,5-7H2,1-4H3. The van der Waals surface area contributed by atoms with Crippen molar-refractivity contribution in [3.63, 3.8) is 0 Å². The summed E-state index contributed by atoms with van der Waals surface area (Å²) >= 11 is 0. The van der Waals surface area contributed by atoms with E-state index in [1.54, 1.807) is 12.1 Å². The molecule has 0 amide bonds. The second-order valence-electron chi connectivity index (χ2n) is 5.75. The van der Waals surface area contributed by atoms with Gasteiger partial charge in [0.2, 0.25) is 0 Å². The minimum atomic E-state index is -0.470. The molecular formula is C16H23O3. The van der Waals surface area contributed by atoms with Gasteiger partial charge in [-0.25, -0.2) is 4.79 Å². The molecule has 0 saturated heterocycles. The minimum absolute atomic E-state index is 0.149. The lowest BCUT2D eigenvalue weighted by atomic mass is 9.99. The van der Waals surface area contributed by atoms with Gasteiger partial charge in [0.1, 0.15) is 6.61 Å². The number of aryl methyl sites for hydroxylation is 1. The number of carbonyl (C=O) groups is 1. The smallest absolute Gasteiger partial charge is 0.292 e. The zero-order valence-electron chi connectivity index (χ0n) is 12.2. The van der Waals surface area contributed by atoms with E-state index in [2.05, 4.69) is 6.92 Å². The fraction of sp³-hybridized carbons (Fsp3) is 0.500. The Balaban J connectivity index is 2.44. The van der Waals surface area contributed by atoms with Crippen LogP contribution in [0.5, 0.6) is 0 Å². The Morgan fingerprint density at radius 1 is 1.21 bits per heavy atom. The Morgan fingerprint density at radius 2 is 1.84 bits per heavy atom. The number of benzene rings is 1. The number of carbonyl (C=O) groups excluding carboxylic acids is 1. The van der Waals surface area contributed by atoms with Crippen LogP contribution in [-0.2, 0) is 16.2 Å². The molecule has 0 aliphatic rings. The van der Waals surface area contributed by atoms with Gasteiger partial charge in [-0.2, -0.15) is 4.89 Å². The zero-order chi connectivity index (χ0) is 14.3. The molecular weight excluding hydrogens is 240 g/mol. The number of hydrogen-bond donors (Lipinski definition) is 0. The lowest BCUT2D eigenvalue weighted by molar-refractivity contribution is -0.224. The molecule has 1 aromatic rings. The fourth-order valence-corrected chi connectivity index (χ4v) is 1.45. The van der Waals surface area contributed by atoms with E-state index in [-0.39, 0.29) is 5.41 Å². The van der Waals surface area contributed by atoms with Gasteiger partial charge in [0.15, 0.2) is 0 Å². The summed E-state index contributed by atoms with van der Waals surface area (Å²) in [6, 6.07) is 7.46. The molecule has 1 aromatic carbocycles. The van der Waals surface area contributed by atoms with Crippen molar-refractivity contribution in [1.29, 1.82) is 0 Å². The highest BCUT2D eigenvalue weighted by Crippen LogP contribution is 2.18. The van der Waals surface area contributed by atoms with Crippen LogP contribution in [0.15, 0.2) is 24.3 Å². The van der Waals surface area contributed by atoms with Gasteiger partial charge >= 0.3 is 5.97 Å². The first kappa shape index (κ1) is 15.7. The SMILES string of the molecule is CCCCc1ccc(C(=O)OO[CH]C(C)(C)C)cc1. The van der Waals surface area contributed by atoms with Crippen molar-refractivity contribution in [2.45, 2.75) is 47.0 Å². The molecule has 0 atom stereocenters. The van der Waals surface area contributed by atoms with Crippen LogP contribution in [0.4, 0.5) is 0 Å². The van der Waals surface area contributed by atoms with Crippen molar-refractivity contribution in [2.24, 2.45) is 5.41 Å². The maximum Gasteiger partial charge on any atom is 0.373 e. The summed E-state index contributed by atoms with van der Waals surface area (Å²) in [7, 11) is 0. The Hall–Kier alpha value is -1.35. The van der Waals surface area contributed by atoms with Crippen LogP contribution in [-0.4, -0.2) is 5.97 Å². The second-order valence-corrected chi connectivity index (χ2v) is 5.75. The molecule has 19 heavy (non-hydrogen) atoms. The monoisotopic (exact) mass is 263 g/mol. The maximum atomic E-state index is 11.7. The van der Waals surface area contributed by atoms with E-state index in [4.69, 9.17) is 9.78 Å². The van der Waals surface area contributed by atoms with Gasteiger partial charge in [0.25, 0.3) is 0 Å². The molecule has 0 unspecified atom stereocenters. The quantitative estimate of drug-likeness (QED) is 0.566. The molecule has 0 N–H and O–H groups in total. The molecule has 0 aliphatic carbocycles. The summed E-state index contributed by atoms with van der Waals surface area (Å²) in [5.74, 6) is -0.470. The molecule has 0 saturated carbocycles. The first-order valence-electron chi connectivity index (χ1n) is 6.73. The van der Waals surface area contributed by atoms with E-state index in [9.17, 15) is 4.79 Å². The van der Waals surface area contributed by atoms with E-state index in [1.165, 1.54) is 18.6 Å². The zero-order valence-corrected chi connectivity index (χ0v) is 12.2. The van der Waals surface area contributed by atoms with Gasteiger partial charge in [0, 0.05) is 0 Å². The molecule has 3 heteroatoms.